The molecule has 7 heteroatoms. The number of nitrogens with zero attached hydrogens (tertiary/aromatic N) is 1. The van der Waals surface area contributed by atoms with Crippen molar-refractivity contribution in [3.63, 3.8) is 0 Å². The molecule has 0 saturated heterocycles. The topological polar surface area (TPSA) is 68.0 Å². The second-order valence-electron chi connectivity index (χ2n) is 5.37. The molecule has 1 unspecified atom stereocenters. The predicted octanol–water partition coefficient (Wildman–Crippen LogP) is 3.03. The van der Waals surface area contributed by atoms with Crippen LogP contribution in [0.3, 0.4) is 0 Å². The fourth-order valence-corrected chi connectivity index (χ4v) is 3.59. The first-order valence-electron chi connectivity index (χ1n) is 6.85. The summed E-state index contributed by atoms with van der Waals surface area (Å²) in [6.45, 7) is 0. The molecule has 1 saturated carbocycles. The van der Waals surface area contributed by atoms with E-state index >= 15 is 0 Å². The molecular formula is C14H15F2N3OS. The number of nitrogens with one attached hydrogen (secondary N) is 1. The van der Waals surface area contributed by atoms with E-state index in [1.54, 1.807) is 0 Å². The molecule has 0 bridgehead atoms. The molecule has 4 nitrogen and oxygen atoms in total. The van der Waals surface area contributed by atoms with Crippen LogP contribution in [0.1, 0.15) is 25.7 Å². The van der Waals surface area contributed by atoms with Gasteiger partial charge in [-0.1, -0.05) is 17.8 Å². The van der Waals surface area contributed by atoms with Crippen molar-refractivity contribution in [3.05, 3.63) is 23.8 Å². The molecule has 3 N–H and O–H groups in total. The number of nitrogens with two attached hydrogens (primary N) is 1. The summed E-state index contributed by atoms with van der Waals surface area (Å²) in [6, 6.07) is 2.05. The van der Waals surface area contributed by atoms with Gasteiger partial charge in [-0.3, -0.25) is 4.79 Å². The maximum absolute atomic E-state index is 13.6. The Labute approximate surface area is 124 Å². The zero-order chi connectivity index (χ0) is 15.0. The van der Waals surface area contributed by atoms with Gasteiger partial charge >= 0.3 is 0 Å². The van der Waals surface area contributed by atoms with Crippen LogP contribution in [-0.2, 0) is 4.79 Å². The molecule has 1 aliphatic carbocycles. The van der Waals surface area contributed by atoms with Gasteiger partial charge in [0.25, 0.3) is 0 Å². The van der Waals surface area contributed by atoms with Gasteiger partial charge in [0.1, 0.15) is 11.3 Å². The second kappa shape index (κ2) is 5.65. The lowest BCUT2D eigenvalue weighted by atomic mass is 9.86. The molecule has 0 radical (unpaired) electrons. The zero-order valence-corrected chi connectivity index (χ0v) is 12.1. The lowest BCUT2D eigenvalue weighted by Gasteiger charge is -2.25. The van der Waals surface area contributed by atoms with Gasteiger partial charge in [-0.15, -0.1) is 0 Å². The number of thiazole rings is 1. The number of carbonyl (C=O) groups excluding carboxylic acids is 1. The summed E-state index contributed by atoms with van der Waals surface area (Å²) >= 11 is 1.06. The Kier molecular flexibility index (Phi) is 3.86. The summed E-state index contributed by atoms with van der Waals surface area (Å²) in [5.74, 6) is -1.66. The Hall–Kier alpha value is -1.60. The summed E-state index contributed by atoms with van der Waals surface area (Å²) in [5.41, 5.74) is 5.95. The summed E-state index contributed by atoms with van der Waals surface area (Å²) in [6.07, 6.45) is 3.32. The molecule has 1 amide bonds. The quantitative estimate of drug-likeness (QED) is 0.896. The molecule has 2 aromatic rings. The number of carbonyl (C=O) groups is 1. The van der Waals surface area contributed by atoms with Crippen molar-refractivity contribution in [1.29, 1.82) is 0 Å². The van der Waals surface area contributed by atoms with Crippen LogP contribution >= 0.6 is 11.3 Å². The van der Waals surface area contributed by atoms with E-state index in [4.69, 9.17) is 5.73 Å². The van der Waals surface area contributed by atoms with Gasteiger partial charge in [-0.25, -0.2) is 13.8 Å². The highest BCUT2D eigenvalue weighted by Crippen LogP contribution is 2.30. The third-order valence-corrected chi connectivity index (χ3v) is 4.65. The second-order valence-corrected chi connectivity index (χ2v) is 6.40. The number of halogens is 2. The molecule has 0 spiro atoms. The standard InChI is InChI=1S/C14H15F2N3OS/c15-8-5-10(16)12-11(6-8)21-14(18-12)19-13(20)7-2-1-3-9(17)4-7/h5-7,9H,1-4,17H2,(H,18,19,20)/t7?,9-/m1/s1. The SMILES string of the molecule is N[C@@H]1CCCC(C(=O)Nc2nc3c(F)cc(F)cc3s2)C1. The third-order valence-electron chi connectivity index (χ3n) is 3.73. The van der Waals surface area contributed by atoms with Crippen LogP contribution in [0.2, 0.25) is 0 Å². The van der Waals surface area contributed by atoms with Gasteiger partial charge in [0.15, 0.2) is 10.9 Å². The van der Waals surface area contributed by atoms with E-state index in [0.29, 0.717) is 16.3 Å². The fraction of sp³-hybridized carbons (Fsp3) is 0.429. The van der Waals surface area contributed by atoms with Gasteiger partial charge in [-0.05, 0) is 25.3 Å². The Morgan fingerprint density at radius 2 is 2.19 bits per heavy atom. The molecular weight excluding hydrogens is 296 g/mol. The van der Waals surface area contributed by atoms with Crippen LogP contribution in [0.4, 0.5) is 13.9 Å². The smallest absolute Gasteiger partial charge is 0.229 e. The molecule has 1 heterocycles. The van der Waals surface area contributed by atoms with Crippen molar-refractivity contribution in [2.45, 2.75) is 31.7 Å². The fourth-order valence-electron chi connectivity index (χ4n) is 2.68. The highest BCUT2D eigenvalue weighted by atomic mass is 32.1. The van der Waals surface area contributed by atoms with Crippen molar-refractivity contribution >= 4 is 32.6 Å². The average Bonchev–Trinajstić information content (AvgIpc) is 2.81. The van der Waals surface area contributed by atoms with Crippen molar-refractivity contribution in [1.82, 2.24) is 4.98 Å². The molecule has 2 atom stereocenters. The number of hydrogen-bond acceptors (Lipinski definition) is 4. The summed E-state index contributed by atoms with van der Waals surface area (Å²) < 4.78 is 27.1. The third kappa shape index (κ3) is 3.03. The van der Waals surface area contributed by atoms with E-state index in [-0.39, 0.29) is 23.4 Å². The monoisotopic (exact) mass is 311 g/mol. The number of aromatic nitrogens is 1. The van der Waals surface area contributed by atoms with E-state index in [0.717, 1.165) is 36.7 Å². The normalized spacial score (nSPS) is 22.4. The molecule has 112 valence electrons. The molecule has 1 aromatic carbocycles. The number of amides is 1. The Morgan fingerprint density at radius 3 is 2.95 bits per heavy atom. The van der Waals surface area contributed by atoms with Crippen molar-refractivity contribution in [3.8, 4) is 0 Å². The van der Waals surface area contributed by atoms with Gasteiger partial charge in [-0.2, -0.15) is 0 Å². The van der Waals surface area contributed by atoms with E-state index in [1.165, 1.54) is 6.07 Å². The number of rotatable bonds is 2. The Morgan fingerprint density at radius 1 is 1.38 bits per heavy atom. The van der Waals surface area contributed by atoms with Crippen molar-refractivity contribution in [2.75, 3.05) is 5.32 Å². The van der Waals surface area contributed by atoms with Crippen LogP contribution in [0, 0.1) is 17.6 Å². The van der Waals surface area contributed by atoms with Crippen molar-refractivity contribution < 1.29 is 13.6 Å². The van der Waals surface area contributed by atoms with Gasteiger partial charge in [0, 0.05) is 18.0 Å². The van der Waals surface area contributed by atoms with E-state index in [1.807, 2.05) is 0 Å². The largest absolute Gasteiger partial charge is 0.328 e. The number of fused-ring (bicyclic) bond motifs is 1. The molecule has 1 aliphatic rings. The van der Waals surface area contributed by atoms with Crippen LogP contribution in [0.15, 0.2) is 12.1 Å². The predicted molar refractivity (Wildman–Crippen MR) is 78.1 cm³/mol. The Balaban J connectivity index is 1.78. The van der Waals surface area contributed by atoms with Crippen LogP contribution in [0.25, 0.3) is 10.2 Å². The van der Waals surface area contributed by atoms with Gasteiger partial charge in [0.2, 0.25) is 5.91 Å². The molecule has 0 aliphatic heterocycles. The summed E-state index contributed by atoms with van der Waals surface area (Å²) in [7, 11) is 0. The van der Waals surface area contributed by atoms with Crippen LogP contribution < -0.4 is 11.1 Å². The minimum atomic E-state index is -0.721. The minimum Gasteiger partial charge on any atom is -0.328 e. The molecule has 1 aromatic heterocycles. The van der Waals surface area contributed by atoms with Crippen molar-refractivity contribution in [2.24, 2.45) is 11.7 Å². The molecule has 3 rings (SSSR count). The summed E-state index contributed by atoms with van der Waals surface area (Å²) in [4.78, 5) is 16.2. The number of anilines is 1. The first-order chi connectivity index (χ1) is 10.0. The maximum atomic E-state index is 13.6. The molecule has 21 heavy (non-hydrogen) atoms. The maximum Gasteiger partial charge on any atom is 0.229 e. The number of benzene rings is 1. The first kappa shape index (κ1) is 14.3. The van der Waals surface area contributed by atoms with Crippen LogP contribution in [0.5, 0.6) is 0 Å². The van der Waals surface area contributed by atoms with Crippen LogP contribution in [-0.4, -0.2) is 16.9 Å². The zero-order valence-electron chi connectivity index (χ0n) is 11.2. The average molecular weight is 311 g/mol. The van der Waals surface area contributed by atoms with Gasteiger partial charge < -0.3 is 11.1 Å². The van der Waals surface area contributed by atoms with E-state index in [2.05, 4.69) is 10.3 Å². The highest BCUT2D eigenvalue weighted by Gasteiger charge is 2.26. The summed E-state index contributed by atoms with van der Waals surface area (Å²) in [5, 5.41) is 2.98. The number of hydrogen-bond donors (Lipinski definition) is 2. The molecule has 1 fully saturated rings. The van der Waals surface area contributed by atoms with E-state index in [9.17, 15) is 13.6 Å². The lowest BCUT2D eigenvalue weighted by molar-refractivity contribution is -0.120. The lowest BCUT2D eigenvalue weighted by Crippen LogP contribution is -2.34. The first-order valence-corrected chi connectivity index (χ1v) is 7.66. The Bertz CT molecular complexity index is 688. The van der Waals surface area contributed by atoms with Gasteiger partial charge in [0.05, 0.1) is 4.70 Å². The van der Waals surface area contributed by atoms with E-state index < -0.39 is 11.6 Å². The minimum absolute atomic E-state index is 0.0522. The highest BCUT2D eigenvalue weighted by molar-refractivity contribution is 7.22.